The lowest BCUT2D eigenvalue weighted by Crippen LogP contribution is -2.34. The van der Waals surface area contributed by atoms with Crippen LogP contribution in [0.1, 0.15) is 12.5 Å². The van der Waals surface area contributed by atoms with Crippen LogP contribution in [0.5, 0.6) is 0 Å². The molecule has 76 valence electrons. The van der Waals surface area contributed by atoms with Crippen LogP contribution in [-0.4, -0.2) is 22.3 Å². The maximum absolute atomic E-state index is 11.0. The monoisotopic (exact) mass is 256 g/mol. The Bertz CT molecular complexity index is 289. The lowest BCUT2D eigenvalue weighted by molar-refractivity contribution is -0.119. The topological polar surface area (TPSA) is 42.0 Å². The Morgan fingerprint density at radius 3 is 2.79 bits per heavy atom. The van der Waals surface area contributed by atoms with E-state index in [-0.39, 0.29) is 11.9 Å². The van der Waals surface area contributed by atoms with Crippen LogP contribution >= 0.6 is 15.9 Å². The smallest absolute Gasteiger partial charge is 0.230 e. The lowest BCUT2D eigenvalue weighted by atomic mass is 10.1. The lowest BCUT2D eigenvalue weighted by Gasteiger charge is -2.12. The van der Waals surface area contributed by atoms with E-state index in [1.165, 1.54) is 5.56 Å². The van der Waals surface area contributed by atoms with E-state index in [0.29, 0.717) is 5.33 Å². The van der Waals surface area contributed by atoms with Gasteiger partial charge in [-0.15, -0.1) is 0 Å². The zero-order chi connectivity index (χ0) is 10.4. The van der Waals surface area contributed by atoms with Crippen molar-refractivity contribution in [3.63, 3.8) is 0 Å². The summed E-state index contributed by atoms with van der Waals surface area (Å²) in [7, 11) is 0. The second-order valence-corrected chi connectivity index (χ2v) is 3.72. The van der Waals surface area contributed by atoms with Gasteiger partial charge in [-0.05, 0) is 31.0 Å². The minimum Gasteiger partial charge on any atom is -0.353 e. The van der Waals surface area contributed by atoms with Crippen molar-refractivity contribution in [2.24, 2.45) is 0 Å². The molecule has 0 fully saturated rings. The van der Waals surface area contributed by atoms with Crippen LogP contribution in [-0.2, 0) is 11.2 Å². The molecule has 0 aliphatic heterocycles. The average molecular weight is 257 g/mol. The summed E-state index contributed by atoms with van der Waals surface area (Å²) >= 11 is 3.11. The number of alkyl halides is 1. The van der Waals surface area contributed by atoms with Crippen molar-refractivity contribution >= 4 is 21.8 Å². The van der Waals surface area contributed by atoms with Gasteiger partial charge in [-0.1, -0.05) is 15.9 Å². The van der Waals surface area contributed by atoms with Crippen LogP contribution in [0, 0.1) is 0 Å². The number of carbonyl (C=O) groups excluding carboxylic acids is 1. The van der Waals surface area contributed by atoms with E-state index in [9.17, 15) is 4.79 Å². The Kier molecular flexibility index (Phi) is 4.59. The van der Waals surface area contributed by atoms with Gasteiger partial charge in [-0.25, -0.2) is 0 Å². The van der Waals surface area contributed by atoms with E-state index in [1.807, 2.05) is 19.1 Å². The molecule has 1 amide bonds. The molecule has 0 aliphatic rings. The number of amides is 1. The molecule has 0 radical (unpaired) electrons. The standard InChI is InChI=1S/C10H13BrN2O/c1-8(13-10(14)7-11)6-9-2-4-12-5-3-9/h2-5,8H,6-7H2,1H3,(H,13,14). The van der Waals surface area contributed by atoms with Gasteiger partial charge < -0.3 is 5.32 Å². The van der Waals surface area contributed by atoms with Crippen molar-refractivity contribution in [1.29, 1.82) is 0 Å². The average Bonchev–Trinajstić information content (AvgIpc) is 2.19. The number of pyridine rings is 1. The molecule has 0 saturated heterocycles. The first-order chi connectivity index (χ1) is 6.72. The Morgan fingerprint density at radius 1 is 1.57 bits per heavy atom. The normalized spacial score (nSPS) is 12.1. The molecule has 0 bridgehead atoms. The van der Waals surface area contributed by atoms with Gasteiger partial charge in [-0.2, -0.15) is 0 Å². The molecule has 0 spiro atoms. The highest BCUT2D eigenvalue weighted by atomic mass is 79.9. The Labute approximate surface area is 92.1 Å². The maximum Gasteiger partial charge on any atom is 0.230 e. The van der Waals surface area contributed by atoms with Crippen molar-refractivity contribution in [3.05, 3.63) is 30.1 Å². The maximum atomic E-state index is 11.0. The number of halogens is 1. The van der Waals surface area contributed by atoms with Crippen LogP contribution in [0.3, 0.4) is 0 Å². The highest BCUT2D eigenvalue weighted by molar-refractivity contribution is 9.09. The fourth-order valence-electron chi connectivity index (χ4n) is 1.24. The third-order valence-corrected chi connectivity index (χ3v) is 2.33. The number of carbonyl (C=O) groups is 1. The fourth-order valence-corrected chi connectivity index (χ4v) is 1.40. The molecule has 0 aromatic carbocycles. The zero-order valence-electron chi connectivity index (χ0n) is 8.03. The predicted octanol–water partition coefficient (Wildman–Crippen LogP) is 1.52. The molecule has 4 heteroatoms. The van der Waals surface area contributed by atoms with Gasteiger partial charge in [-0.3, -0.25) is 9.78 Å². The number of hydrogen-bond donors (Lipinski definition) is 1. The summed E-state index contributed by atoms with van der Waals surface area (Å²) in [4.78, 5) is 15.0. The van der Waals surface area contributed by atoms with Crippen LogP contribution in [0.15, 0.2) is 24.5 Å². The number of hydrogen-bond acceptors (Lipinski definition) is 2. The van der Waals surface area contributed by atoms with E-state index in [0.717, 1.165) is 6.42 Å². The molecule has 1 aromatic rings. The van der Waals surface area contributed by atoms with E-state index in [1.54, 1.807) is 12.4 Å². The molecule has 1 unspecified atom stereocenters. The summed E-state index contributed by atoms with van der Waals surface area (Å²) in [6.07, 6.45) is 4.35. The molecule has 3 nitrogen and oxygen atoms in total. The number of rotatable bonds is 4. The molecule has 1 aromatic heterocycles. The Morgan fingerprint density at radius 2 is 2.21 bits per heavy atom. The molecule has 1 atom stereocenters. The van der Waals surface area contributed by atoms with Crippen LogP contribution in [0.2, 0.25) is 0 Å². The number of aromatic nitrogens is 1. The van der Waals surface area contributed by atoms with Gasteiger partial charge in [0.25, 0.3) is 0 Å². The molecule has 1 N–H and O–H groups in total. The van der Waals surface area contributed by atoms with Crippen LogP contribution in [0.4, 0.5) is 0 Å². The van der Waals surface area contributed by atoms with E-state index < -0.39 is 0 Å². The summed E-state index contributed by atoms with van der Waals surface area (Å²) in [5.74, 6) is 0.0200. The van der Waals surface area contributed by atoms with Crippen molar-refractivity contribution in [3.8, 4) is 0 Å². The van der Waals surface area contributed by atoms with Crippen LogP contribution in [0.25, 0.3) is 0 Å². The van der Waals surface area contributed by atoms with Crippen molar-refractivity contribution < 1.29 is 4.79 Å². The van der Waals surface area contributed by atoms with Crippen molar-refractivity contribution in [2.75, 3.05) is 5.33 Å². The highest BCUT2D eigenvalue weighted by Gasteiger charge is 2.06. The second kappa shape index (κ2) is 5.75. The first-order valence-electron chi connectivity index (χ1n) is 4.46. The third kappa shape index (κ3) is 3.87. The van der Waals surface area contributed by atoms with Gasteiger partial charge in [0.15, 0.2) is 0 Å². The van der Waals surface area contributed by atoms with Gasteiger partial charge in [0.1, 0.15) is 0 Å². The van der Waals surface area contributed by atoms with E-state index >= 15 is 0 Å². The first-order valence-corrected chi connectivity index (χ1v) is 5.58. The van der Waals surface area contributed by atoms with Gasteiger partial charge in [0.05, 0.1) is 5.33 Å². The minimum atomic E-state index is 0.0200. The molecular weight excluding hydrogens is 244 g/mol. The number of nitrogens with one attached hydrogen (secondary N) is 1. The van der Waals surface area contributed by atoms with Crippen molar-refractivity contribution in [1.82, 2.24) is 10.3 Å². The molecule has 0 aliphatic carbocycles. The summed E-state index contributed by atoms with van der Waals surface area (Å²) in [6, 6.07) is 4.07. The fraction of sp³-hybridized carbons (Fsp3) is 0.400. The van der Waals surface area contributed by atoms with E-state index in [2.05, 4.69) is 26.2 Å². The third-order valence-electron chi connectivity index (χ3n) is 1.82. The van der Waals surface area contributed by atoms with Crippen molar-refractivity contribution in [2.45, 2.75) is 19.4 Å². The largest absolute Gasteiger partial charge is 0.353 e. The van der Waals surface area contributed by atoms with Gasteiger partial charge >= 0.3 is 0 Å². The second-order valence-electron chi connectivity index (χ2n) is 3.16. The molecule has 1 rings (SSSR count). The van der Waals surface area contributed by atoms with E-state index in [4.69, 9.17) is 0 Å². The van der Waals surface area contributed by atoms with Gasteiger partial charge in [0.2, 0.25) is 5.91 Å². The zero-order valence-corrected chi connectivity index (χ0v) is 9.62. The minimum absolute atomic E-state index is 0.0200. The summed E-state index contributed by atoms with van der Waals surface area (Å²) in [5.41, 5.74) is 1.18. The first kappa shape index (κ1) is 11.2. The summed E-state index contributed by atoms with van der Waals surface area (Å²) in [6.45, 7) is 1.99. The predicted molar refractivity (Wildman–Crippen MR) is 59.3 cm³/mol. The quantitative estimate of drug-likeness (QED) is 0.831. The SMILES string of the molecule is CC(Cc1ccncc1)NC(=O)CBr. The molecule has 1 heterocycles. The Hall–Kier alpha value is -0.900. The molecular formula is C10H13BrN2O. The highest BCUT2D eigenvalue weighted by Crippen LogP contribution is 2.01. The molecule has 14 heavy (non-hydrogen) atoms. The summed E-state index contributed by atoms with van der Waals surface area (Å²) < 4.78 is 0. The Balaban J connectivity index is 2.41. The number of nitrogens with zero attached hydrogens (tertiary/aromatic N) is 1. The summed E-state index contributed by atoms with van der Waals surface area (Å²) in [5, 5.41) is 3.23. The van der Waals surface area contributed by atoms with Gasteiger partial charge in [0, 0.05) is 18.4 Å². The van der Waals surface area contributed by atoms with Crippen LogP contribution < -0.4 is 5.32 Å². The molecule has 0 saturated carbocycles.